The average Bonchev–Trinajstić information content (AvgIpc) is 1.79. The Kier molecular flexibility index (Phi) is 5.17. The van der Waals surface area contributed by atoms with Gasteiger partial charge in [-0.25, -0.2) is 5.09 Å². The Bertz CT molecular complexity index is 170. The van der Waals surface area contributed by atoms with E-state index in [1.54, 1.807) is 0 Å². The molecule has 0 aliphatic carbocycles. The van der Waals surface area contributed by atoms with Crippen LogP contribution in [0.4, 0.5) is 0 Å². The maximum Gasteiger partial charge on any atom is 0.319 e. The topological polar surface area (TPSA) is 29.1 Å². The van der Waals surface area contributed by atoms with E-state index in [0.717, 1.165) is 0 Å². The molecule has 0 aromatic rings. The van der Waals surface area contributed by atoms with Crippen molar-refractivity contribution in [2.75, 3.05) is 0 Å². The maximum absolute atomic E-state index is 11.1. The molecule has 0 radical (unpaired) electrons. The standard InChI is InChI=1S/C7H16Cl2NOP/c1-5(2)7(6(3)4)10-12(8,9)11/h5-7H,1-4H3,(H,10,11). The first kappa shape index (κ1) is 12.8. The highest BCUT2D eigenvalue weighted by Crippen LogP contribution is 2.53. The van der Waals surface area contributed by atoms with Crippen LogP contribution in [-0.4, -0.2) is 6.04 Å². The SMILES string of the molecule is CC(C)C(NP(=O)(Cl)Cl)C(C)C. The van der Waals surface area contributed by atoms with E-state index in [-0.39, 0.29) is 6.04 Å². The fraction of sp³-hybridized carbons (Fsp3) is 1.00. The summed E-state index contributed by atoms with van der Waals surface area (Å²) < 4.78 is 11.1. The van der Waals surface area contributed by atoms with Gasteiger partial charge in [0, 0.05) is 6.04 Å². The van der Waals surface area contributed by atoms with Gasteiger partial charge in [0.15, 0.2) is 0 Å². The van der Waals surface area contributed by atoms with E-state index in [0.29, 0.717) is 11.8 Å². The first-order valence-electron chi connectivity index (χ1n) is 4.01. The highest BCUT2D eigenvalue weighted by atomic mass is 35.9. The molecule has 0 saturated carbocycles. The van der Waals surface area contributed by atoms with Gasteiger partial charge in [0.25, 0.3) is 0 Å². The summed E-state index contributed by atoms with van der Waals surface area (Å²) in [5, 5.41) is 2.74. The van der Waals surface area contributed by atoms with Gasteiger partial charge in [0.05, 0.1) is 0 Å². The van der Waals surface area contributed by atoms with E-state index in [9.17, 15) is 4.57 Å². The van der Waals surface area contributed by atoms with Crippen LogP contribution in [0.15, 0.2) is 0 Å². The zero-order valence-corrected chi connectivity index (χ0v) is 10.2. The summed E-state index contributed by atoms with van der Waals surface area (Å²) in [7, 11) is 0. The molecule has 0 bridgehead atoms. The fourth-order valence-corrected chi connectivity index (χ4v) is 2.86. The van der Waals surface area contributed by atoms with Crippen LogP contribution in [0.2, 0.25) is 0 Å². The molecule has 12 heavy (non-hydrogen) atoms. The summed E-state index contributed by atoms with van der Waals surface area (Å²) in [6.45, 7) is 8.17. The van der Waals surface area contributed by atoms with Crippen LogP contribution in [0.25, 0.3) is 0 Å². The number of rotatable bonds is 4. The monoisotopic (exact) mass is 231 g/mol. The first-order chi connectivity index (χ1) is 5.24. The van der Waals surface area contributed by atoms with Crippen molar-refractivity contribution in [1.29, 1.82) is 0 Å². The lowest BCUT2D eigenvalue weighted by Crippen LogP contribution is -2.34. The summed E-state index contributed by atoms with van der Waals surface area (Å²) >= 11 is 10.9. The highest BCUT2D eigenvalue weighted by molar-refractivity contribution is 8.07. The van der Waals surface area contributed by atoms with Crippen LogP contribution in [0.1, 0.15) is 27.7 Å². The van der Waals surface area contributed by atoms with Crippen LogP contribution >= 0.6 is 28.5 Å². The molecule has 1 N–H and O–H groups in total. The normalized spacial score (nSPS) is 13.4. The predicted octanol–water partition coefficient (Wildman–Crippen LogP) is 3.84. The van der Waals surface area contributed by atoms with Crippen molar-refractivity contribution in [2.24, 2.45) is 11.8 Å². The van der Waals surface area contributed by atoms with Crippen LogP contribution in [-0.2, 0) is 4.57 Å². The second-order valence-electron chi connectivity index (χ2n) is 3.61. The zero-order chi connectivity index (χ0) is 9.94. The molecule has 0 rings (SSSR count). The van der Waals surface area contributed by atoms with Crippen molar-refractivity contribution in [1.82, 2.24) is 5.09 Å². The second kappa shape index (κ2) is 4.85. The quantitative estimate of drug-likeness (QED) is 0.746. The summed E-state index contributed by atoms with van der Waals surface area (Å²) in [4.78, 5) is 0. The lowest BCUT2D eigenvalue weighted by Gasteiger charge is -2.26. The van der Waals surface area contributed by atoms with Crippen LogP contribution in [0.3, 0.4) is 0 Å². The van der Waals surface area contributed by atoms with E-state index >= 15 is 0 Å². The van der Waals surface area contributed by atoms with Crippen molar-refractivity contribution in [2.45, 2.75) is 33.7 Å². The minimum Gasteiger partial charge on any atom is -0.271 e. The summed E-state index contributed by atoms with van der Waals surface area (Å²) in [5.41, 5.74) is 0. The minimum atomic E-state index is -3.14. The molecule has 0 spiro atoms. The molecule has 5 heteroatoms. The Hall–Kier alpha value is 0.770. The molecule has 0 atom stereocenters. The highest BCUT2D eigenvalue weighted by Gasteiger charge is 2.24. The van der Waals surface area contributed by atoms with Gasteiger partial charge in [-0.05, 0) is 34.3 Å². The molecule has 0 aliphatic heterocycles. The molecule has 0 aliphatic rings. The molecular weight excluding hydrogens is 216 g/mol. The number of halogens is 2. The molecule has 2 nitrogen and oxygen atoms in total. The Morgan fingerprint density at radius 2 is 1.42 bits per heavy atom. The Labute approximate surface area is 84.0 Å². The first-order valence-corrected chi connectivity index (χ1v) is 7.53. The van der Waals surface area contributed by atoms with Crippen molar-refractivity contribution in [3.05, 3.63) is 0 Å². The van der Waals surface area contributed by atoms with Crippen molar-refractivity contribution in [3.8, 4) is 0 Å². The fourth-order valence-electron chi connectivity index (χ4n) is 1.24. The third-order valence-corrected chi connectivity index (χ3v) is 2.92. The summed E-state index contributed by atoms with van der Waals surface area (Å²) in [6.07, 6.45) is 0. The van der Waals surface area contributed by atoms with E-state index < -0.39 is 6.00 Å². The zero-order valence-electron chi connectivity index (χ0n) is 7.84. The minimum absolute atomic E-state index is 0.103. The summed E-state index contributed by atoms with van der Waals surface area (Å²) in [6, 6.07) is 0.103. The van der Waals surface area contributed by atoms with Gasteiger partial charge in [-0.1, -0.05) is 27.7 Å². The summed E-state index contributed by atoms with van der Waals surface area (Å²) in [5.74, 6) is -2.39. The Balaban J connectivity index is 4.25. The predicted molar refractivity (Wildman–Crippen MR) is 55.9 cm³/mol. The average molecular weight is 232 g/mol. The molecule has 74 valence electrons. The van der Waals surface area contributed by atoms with Crippen LogP contribution < -0.4 is 5.09 Å². The van der Waals surface area contributed by atoms with E-state index in [1.807, 2.05) is 27.7 Å². The molecule has 0 aromatic heterocycles. The molecule has 0 amide bonds. The molecule has 0 fully saturated rings. The molecule has 0 unspecified atom stereocenters. The van der Waals surface area contributed by atoms with E-state index in [4.69, 9.17) is 22.5 Å². The largest absolute Gasteiger partial charge is 0.319 e. The molecule has 0 heterocycles. The number of hydrogen-bond acceptors (Lipinski definition) is 1. The van der Waals surface area contributed by atoms with Gasteiger partial charge in [0.2, 0.25) is 0 Å². The molecule has 0 aromatic carbocycles. The van der Waals surface area contributed by atoms with Gasteiger partial charge in [-0.15, -0.1) is 0 Å². The van der Waals surface area contributed by atoms with Crippen LogP contribution in [0.5, 0.6) is 0 Å². The van der Waals surface area contributed by atoms with Crippen molar-refractivity contribution < 1.29 is 4.57 Å². The Morgan fingerprint density at radius 3 is 1.50 bits per heavy atom. The lowest BCUT2D eigenvalue weighted by molar-refractivity contribution is 0.359. The smallest absolute Gasteiger partial charge is 0.271 e. The molecule has 0 saturated heterocycles. The van der Waals surface area contributed by atoms with Crippen molar-refractivity contribution in [3.63, 3.8) is 0 Å². The number of hydrogen-bond donors (Lipinski definition) is 1. The van der Waals surface area contributed by atoms with Gasteiger partial charge < -0.3 is 0 Å². The van der Waals surface area contributed by atoms with Gasteiger partial charge in [0.1, 0.15) is 0 Å². The van der Waals surface area contributed by atoms with Crippen LogP contribution in [0, 0.1) is 11.8 Å². The second-order valence-corrected chi connectivity index (χ2v) is 8.16. The third-order valence-electron chi connectivity index (χ3n) is 1.74. The number of nitrogens with one attached hydrogen (secondary N) is 1. The molecular formula is C7H16Cl2NOP. The van der Waals surface area contributed by atoms with Gasteiger partial charge in [-0.2, -0.15) is 0 Å². The van der Waals surface area contributed by atoms with Crippen molar-refractivity contribution >= 4 is 28.5 Å². The Morgan fingerprint density at radius 1 is 1.08 bits per heavy atom. The maximum atomic E-state index is 11.1. The van der Waals surface area contributed by atoms with E-state index in [1.165, 1.54) is 0 Å². The van der Waals surface area contributed by atoms with Gasteiger partial charge in [-0.3, -0.25) is 4.57 Å². The van der Waals surface area contributed by atoms with E-state index in [2.05, 4.69) is 5.09 Å². The van der Waals surface area contributed by atoms with Gasteiger partial charge >= 0.3 is 6.00 Å². The lowest BCUT2D eigenvalue weighted by atomic mass is 9.94. The third kappa shape index (κ3) is 5.42.